The molecule has 2 rings (SSSR count). The first kappa shape index (κ1) is 14.6. The van der Waals surface area contributed by atoms with Crippen LogP contribution in [-0.4, -0.2) is 13.9 Å². The fraction of sp³-hybridized carbons (Fsp3) is 0.0526. The first-order chi connectivity index (χ1) is 9.86. The molecule has 2 aromatic carbocycles. The van der Waals surface area contributed by atoms with Crippen molar-refractivity contribution in [2.24, 2.45) is 0 Å². The van der Waals surface area contributed by atoms with Crippen molar-refractivity contribution in [1.29, 1.82) is 0 Å². The van der Waals surface area contributed by atoms with E-state index in [1.807, 2.05) is 13.0 Å². The van der Waals surface area contributed by atoms with Gasteiger partial charge in [-0.05, 0) is 0 Å². The van der Waals surface area contributed by atoms with Gasteiger partial charge in [0.15, 0.2) is 0 Å². The average molecular weight is 326 g/mol. The molecule has 0 amide bonds. The van der Waals surface area contributed by atoms with E-state index in [0.29, 0.717) is 0 Å². The van der Waals surface area contributed by atoms with E-state index >= 15 is 0 Å². The third kappa shape index (κ3) is 3.60. The molecule has 0 nitrogen and oxygen atoms in total. The van der Waals surface area contributed by atoms with Crippen molar-refractivity contribution in [3.05, 3.63) is 96.0 Å². The van der Waals surface area contributed by atoms with E-state index < -0.39 is 13.9 Å². The van der Waals surface area contributed by atoms with Crippen molar-refractivity contribution >= 4 is 22.8 Å². The molecule has 0 aliphatic carbocycles. The second kappa shape index (κ2) is 7.69. The minimum atomic E-state index is -1.24. The first-order valence-corrected chi connectivity index (χ1v) is 9.23. The number of benzene rings is 2. The summed E-state index contributed by atoms with van der Waals surface area (Å²) in [6.45, 7) is 6.05. The Morgan fingerprint density at radius 2 is 1.40 bits per heavy atom. The van der Waals surface area contributed by atoms with Crippen molar-refractivity contribution in [3.63, 3.8) is 0 Å². The molecular formula is C19H19Se. The van der Waals surface area contributed by atoms with E-state index in [-0.39, 0.29) is 0 Å². The molecule has 0 unspecified atom stereocenters. The Hall–Kier alpha value is -1.82. The zero-order chi connectivity index (χ0) is 14.2. The maximum atomic E-state index is 4.01. The SMILES string of the molecule is C=C/C(=C\C=C/C)[Se](c1ccccc1)c1ccccc1. The normalized spacial score (nSPS) is 12.0. The zero-order valence-corrected chi connectivity index (χ0v) is 13.4. The molecule has 0 bridgehead atoms. The van der Waals surface area contributed by atoms with Crippen LogP contribution < -0.4 is 8.92 Å². The Balaban J connectivity index is 2.52. The third-order valence-electron chi connectivity index (χ3n) is 2.85. The van der Waals surface area contributed by atoms with Gasteiger partial charge >= 0.3 is 126 Å². The second-order valence-electron chi connectivity index (χ2n) is 4.23. The monoisotopic (exact) mass is 327 g/mol. The summed E-state index contributed by atoms with van der Waals surface area (Å²) in [4.78, 5) is 0. The first-order valence-electron chi connectivity index (χ1n) is 6.66. The predicted octanol–water partition coefficient (Wildman–Crippen LogP) is 3.52. The van der Waals surface area contributed by atoms with Gasteiger partial charge in [0.05, 0.1) is 0 Å². The summed E-state index contributed by atoms with van der Waals surface area (Å²) in [6.07, 6.45) is 8.35. The predicted molar refractivity (Wildman–Crippen MR) is 91.0 cm³/mol. The van der Waals surface area contributed by atoms with Gasteiger partial charge in [-0.15, -0.1) is 0 Å². The van der Waals surface area contributed by atoms with Gasteiger partial charge in [0.25, 0.3) is 0 Å². The zero-order valence-electron chi connectivity index (χ0n) is 11.7. The minimum absolute atomic E-state index is 1.24. The van der Waals surface area contributed by atoms with Crippen LogP contribution in [-0.2, 0) is 0 Å². The van der Waals surface area contributed by atoms with Gasteiger partial charge in [-0.1, -0.05) is 0 Å². The Labute approximate surface area is 126 Å². The van der Waals surface area contributed by atoms with Crippen molar-refractivity contribution < 1.29 is 0 Å². The molecule has 0 aliphatic rings. The van der Waals surface area contributed by atoms with Crippen LogP contribution in [0.15, 0.2) is 96.0 Å². The van der Waals surface area contributed by atoms with Crippen molar-refractivity contribution in [2.45, 2.75) is 6.92 Å². The quantitative estimate of drug-likeness (QED) is 0.582. The average Bonchev–Trinajstić information content (AvgIpc) is 2.53. The Kier molecular flexibility index (Phi) is 5.61. The van der Waals surface area contributed by atoms with E-state index in [0.717, 1.165) is 0 Å². The molecule has 0 atom stereocenters. The summed E-state index contributed by atoms with van der Waals surface area (Å²) in [7, 11) is 0. The van der Waals surface area contributed by atoms with Crippen LogP contribution >= 0.6 is 0 Å². The van der Waals surface area contributed by atoms with Gasteiger partial charge in [-0.2, -0.15) is 0 Å². The van der Waals surface area contributed by atoms with Crippen LogP contribution in [0.4, 0.5) is 0 Å². The maximum absolute atomic E-state index is 4.01. The Bertz CT molecular complexity index is 555. The Morgan fingerprint density at radius 3 is 1.80 bits per heavy atom. The molecule has 0 saturated heterocycles. The molecule has 2 aromatic rings. The van der Waals surface area contributed by atoms with E-state index in [1.165, 1.54) is 13.4 Å². The fourth-order valence-electron chi connectivity index (χ4n) is 1.93. The molecule has 0 fully saturated rings. The van der Waals surface area contributed by atoms with Crippen molar-refractivity contribution in [1.82, 2.24) is 0 Å². The van der Waals surface area contributed by atoms with Crippen LogP contribution in [0.5, 0.6) is 0 Å². The third-order valence-corrected chi connectivity index (χ3v) is 7.59. The van der Waals surface area contributed by atoms with Crippen LogP contribution in [0.1, 0.15) is 6.92 Å². The fourth-order valence-corrected chi connectivity index (χ4v) is 6.25. The summed E-state index contributed by atoms with van der Waals surface area (Å²) in [5.41, 5.74) is 0. The number of allylic oxidation sites excluding steroid dienone is 5. The molecule has 0 N–H and O–H groups in total. The molecule has 1 heteroatoms. The molecule has 0 aliphatic heterocycles. The van der Waals surface area contributed by atoms with E-state index in [2.05, 4.69) is 85.5 Å². The van der Waals surface area contributed by atoms with Gasteiger partial charge < -0.3 is 0 Å². The van der Waals surface area contributed by atoms with Gasteiger partial charge in [0.1, 0.15) is 0 Å². The molecule has 1 radical (unpaired) electrons. The molecule has 20 heavy (non-hydrogen) atoms. The summed E-state index contributed by atoms with van der Waals surface area (Å²) in [5.74, 6) is 0. The standard InChI is InChI=1S/C19H19Se/c1-3-5-12-17(4-2)20(18-13-8-6-9-14-18)19-15-10-7-11-16-19/h3-16H,2H2,1H3/b5-3-,17-12+. The van der Waals surface area contributed by atoms with E-state index in [4.69, 9.17) is 0 Å². The van der Waals surface area contributed by atoms with E-state index in [1.54, 1.807) is 0 Å². The summed E-state index contributed by atoms with van der Waals surface area (Å²) in [6, 6.07) is 21.5. The topological polar surface area (TPSA) is 0 Å². The van der Waals surface area contributed by atoms with Crippen molar-refractivity contribution in [2.75, 3.05) is 0 Å². The molecule has 0 saturated carbocycles. The Morgan fingerprint density at radius 1 is 0.900 bits per heavy atom. The van der Waals surface area contributed by atoms with Gasteiger partial charge in [-0.25, -0.2) is 0 Å². The molecule has 101 valence electrons. The number of rotatable bonds is 5. The molecular weight excluding hydrogens is 307 g/mol. The second-order valence-corrected chi connectivity index (χ2v) is 8.48. The molecule has 0 spiro atoms. The summed E-state index contributed by atoms with van der Waals surface area (Å²) >= 11 is -1.24. The number of hydrogen-bond donors (Lipinski definition) is 0. The molecule has 0 heterocycles. The summed E-state index contributed by atoms with van der Waals surface area (Å²) in [5, 5.41) is 0. The van der Waals surface area contributed by atoms with Gasteiger partial charge in [-0.3, -0.25) is 0 Å². The van der Waals surface area contributed by atoms with Crippen LogP contribution in [0.2, 0.25) is 0 Å². The van der Waals surface area contributed by atoms with E-state index in [9.17, 15) is 0 Å². The van der Waals surface area contributed by atoms with Crippen LogP contribution in [0.3, 0.4) is 0 Å². The van der Waals surface area contributed by atoms with Gasteiger partial charge in [0, 0.05) is 0 Å². The van der Waals surface area contributed by atoms with Crippen LogP contribution in [0, 0.1) is 0 Å². The summed E-state index contributed by atoms with van der Waals surface area (Å²) < 4.78 is 4.16. The molecule has 0 aromatic heterocycles. The van der Waals surface area contributed by atoms with Crippen LogP contribution in [0.25, 0.3) is 0 Å². The van der Waals surface area contributed by atoms with Gasteiger partial charge in [0.2, 0.25) is 0 Å². The van der Waals surface area contributed by atoms with Crippen molar-refractivity contribution in [3.8, 4) is 0 Å². The number of hydrogen-bond acceptors (Lipinski definition) is 0.